The third-order valence-electron chi connectivity index (χ3n) is 3.73. The van der Waals surface area contributed by atoms with Crippen LogP contribution in [0.4, 0.5) is 18.9 Å². The van der Waals surface area contributed by atoms with Gasteiger partial charge >= 0.3 is 6.18 Å². The van der Waals surface area contributed by atoms with Gasteiger partial charge in [-0.2, -0.15) is 13.2 Å². The third-order valence-corrected chi connectivity index (χ3v) is 4.80. The topological polar surface area (TPSA) is 21.6 Å². The number of fused-ring (bicyclic) bond motifs is 1. The Morgan fingerprint density at radius 1 is 1.09 bits per heavy atom. The highest BCUT2D eigenvalue weighted by atomic mass is 79.9. The van der Waals surface area contributed by atoms with Gasteiger partial charge in [-0.25, -0.2) is 4.99 Å². The largest absolute Gasteiger partial charge is 0.465 e. The number of alkyl halides is 4. The van der Waals surface area contributed by atoms with Crippen molar-refractivity contribution in [2.45, 2.75) is 18.7 Å². The Morgan fingerprint density at radius 2 is 1.74 bits per heavy atom. The maximum Gasteiger partial charge on any atom is 0.416 e. The van der Waals surface area contributed by atoms with E-state index in [9.17, 15) is 13.2 Å². The number of benzene rings is 2. The van der Waals surface area contributed by atoms with Crippen molar-refractivity contribution in [3.8, 4) is 0 Å². The van der Waals surface area contributed by atoms with Crippen molar-refractivity contribution in [2.24, 2.45) is 4.99 Å². The molecule has 2 aromatic carbocycles. The summed E-state index contributed by atoms with van der Waals surface area (Å²) in [7, 11) is 0. The second-order valence-electron chi connectivity index (χ2n) is 5.48. The SMILES string of the molecule is CC1(CBr)OC(c2ccc(C(F)(F)F)cc2)=Nc2ccccc21. The Bertz CT molecular complexity index is 755. The first-order chi connectivity index (χ1) is 10.8. The van der Waals surface area contributed by atoms with Gasteiger partial charge in [0.15, 0.2) is 0 Å². The van der Waals surface area contributed by atoms with Crippen molar-refractivity contribution in [3.05, 3.63) is 65.2 Å². The van der Waals surface area contributed by atoms with E-state index in [1.807, 2.05) is 31.2 Å². The first kappa shape index (κ1) is 16.1. The van der Waals surface area contributed by atoms with Crippen LogP contribution >= 0.6 is 15.9 Å². The molecule has 0 aromatic heterocycles. The normalized spacial score (nSPS) is 20.5. The molecule has 6 heteroatoms. The molecule has 1 unspecified atom stereocenters. The predicted octanol–water partition coefficient (Wildman–Crippen LogP) is 5.42. The van der Waals surface area contributed by atoms with Crippen LogP contribution in [0, 0.1) is 0 Å². The molecular weight excluding hydrogens is 371 g/mol. The van der Waals surface area contributed by atoms with Gasteiger partial charge in [0.25, 0.3) is 0 Å². The predicted molar refractivity (Wildman–Crippen MR) is 86.3 cm³/mol. The van der Waals surface area contributed by atoms with Crippen LogP contribution in [0.1, 0.15) is 23.6 Å². The number of hydrogen-bond donors (Lipinski definition) is 0. The highest BCUT2D eigenvalue weighted by Gasteiger charge is 2.36. The summed E-state index contributed by atoms with van der Waals surface area (Å²) < 4.78 is 44.0. The van der Waals surface area contributed by atoms with Crippen LogP contribution in [0.3, 0.4) is 0 Å². The van der Waals surface area contributed by atoms with E-state index in [1.165, 1.54) is 12.1 Å². The van der Waals surface area contributed by atoms with Gasteiger partial charge in [-0.1, -0.05) is 34.1 Å². The van der Waals surface area contributed by atoms with Gasteiger partial charge in [-0.3, -0.25) is 0 Å². The molecule has 1 atom stereocenters. The van der Waals surface area contributed by atoms with Gasteiger partial charge < -0.3 is 4.74 Å². The summed E-state index contributed by atoms with van der Waals surface area (Å²) in [6.07, 6.45) is -4.36. The van der Waals surface area contributed by atoms with Crippen molar-refractivity contribution >= 4 is 27.5 Å². The lowest BCUT2D eigenvalue weighted by molar-refractivity contribution is -0.137. The lowest BCUT2D eigenvalue weighted by Crippen LogP contribution is -2.34. The second-order valence-corrected chi connectivity index (χ2v) is 6.04. The number of halogens is 4. The minimum absolute atomic E-state index is 0.319. The Morgan fingerprint density at radius 3 is 2.35 bits per heavy atom. The average molecular weight is 384 g/mol. The van der Waals surface area contributed by atoms with E-state index in [-0.39, 0.29) is 0 Å². The van der Waals surface area contributed by atoms with Crippen LogP contribution in [0.25, 0.3) is 0 Å². The quantitative estimate of drug-likeness (QED) is 0.634. The molecule has 0 bridgehead atoms. The summed E-state index contributed by atoms with van der Waals surface area (Å²) >= 11 is 3.45. The molecule has 0 spiro atoms. The fraction of sp³-hybridized carbons (Fsp3) is 0.235. The fourth-order valence-electron chi connectivity index (χ4n) is 2.44. The van der Waals surface area contributed by atoms with Crippen LogP contribution in [0.5, 0.6) is 0 Å². The zero-order valence-electron chi connectivity index (χ0n) is 12.2. The first-order valence-corrected chi connectivity index (χ1v) is 8.06. The molecule has 1 heterocycles. The Kier molecular flexibility index (Phi) is 3.96. The molecule has 3 rings (SSSR count). The van der Waals surface area contributed by atoms with Gasteiger partial charge in [0, 0.05) is 16.5 Å². The lowest BCUT2D eigenvalue weighted by atomic mass is 9.94. The fourth-order valence-corrected chi connectivity index (χ4v) is 2.86. The van der Waals surface area contributed by atoms with Crippen LogP contribution in [-0.2, 0) is 16.5 Å². The maximum atomic E-state index is 12.7. The van der Waals surface area contributed by atoms with Crippen molar-refractivity contribution < 1.29 is 17.9 Å². The van der Waals surface area contributed by atoms with Gasteiger partial charge in [-0.15, -0.1) is 0 Å². The van der Waals surface area contributed by atoms with Crippen LogP contribution in [0.15, 0.2) is 53.5 Å². The molecule has 0 fully saturated rings. The number of hydrogen-bond acceptors (Lipinski definition) is 2. The number of nitrogens with zero attached hydrogens (tertiary/aromatic N) is 1. The van der Waals surface area contributed by atoms with E-state index < -0.39 is 17.3 Å². The van der Waals surface area contributed by atoms with Gasteiger partial charge in [-0.05, 0) is 37.3 Å². The molecule has 0 radical (unpaired) electrons. The highest BCUT2D eigenvalue weighted by Crippen LogP contribution is 2.39. The molecule has 2 nitrogen and oxygen atoms in total. The van der Waals surface area contributed by atoms with Gasteiger partial charge in [0.2, 0.25) is 5.90 Å². The summed E-state index contributed by atoms with van der Waals surface area (Å²) in [5, 5.41) is 0.538. The number of rotatable bonds is 2. The van der Waals surface area contributed by atoms with E-state index in [2.05, 4.69) is 20.9 Å². The minimum atomic E-state index is -4.36. The summed E-state index contributed by atoms with van der Waals surface area (Å²) in [6.45, 7) is 1.92. The number of ether oxygens (including phenoxy) is 1. The Hall–Kier alpha value is -1.82. The zero-order valence-corrected chi connectivity index (χ0v) is 13.8. The molecule has 1 aliphatic rings. The van der Waals surface area contributed by atoms with Crippen LogP contribution in [-0.4, -0.2) is 11.2 Å². The monoisotopic (exact) mass is 383 g/mol. The van der Waals surface area contributed by atoms with E-state index in [0.29, 0.717) is 16.8 Å². The Balaban J connectivity index is 2.03. The standard InChI is InChI=1S/C17H13BrF3NO/c1-16(10-18)13-4-2-3-5-14(13)22-15(23-16)11-6-8-12(9-7-11)17(19,20)21/h2-9H,10H2,1H3. The molecule has 0 saturated heterocycles. The number of para-hydroxylation sites is 1. The zero-order chi connectivity index (χ0) is 16.7. The molecule has 0 saturated carbocycles. The third kappa shape index (κ3) is 3.00. The molecular formula is C17H13BrF3NO. The molecule has 23 heavy (non-hydrogen) atoms. The van der Waals surface area contributed by atoms with Crippen molar-refractivity contribution in [1.29, 1.82) is 0 Å². The average Bonchev–Trinajstić information content (AvgIpc) is 2.54. The van der Waals surface area contributed by atoms with E-state index >= 15 is 0 Å². The molecule has 1 aliphatic heterocycles. The summed E-state index contributed by atoms with van der Waals surface area (Å²) in [5.41, 5.74) is 0.889. The molecule has 0 aliphatic carbocycles. The molecule has 2 aromatic rings. The van der Waals surface area contributed by atoms with Crippen LogP contribution < -0.4 is 0 Å². The Labute approximate surface area is 140 Å². The van der Waals surface area contributed by atoms with Crippen LogP contribution in [0.2, 0.25) is 0 Å². The summed E-state index contributed by atoms with van der Waals surface area (Å²) in [4.78, 5) is 4.44. The molecule has 120 valence electrons. The van der Waals surface area contributed by atoms with E-state index in [4.69, 9.17) is 4.74 Å². The summed E-state index contributed by atoms with van der Waals surface area (Å²) in [5.74, 6) is 0.319. The van der Waals surface area contributed by atoms with Crippen molar-refractivity contribution in [3.63, 3.8) is 0 Å². The van der Waals surface area contributed by atoms with E-state index in [0.717, 1.165) is 23.4 Å². The summed E-state index contributed by atoms with van der Waals surface area (Å²) in [6, 6.07) is 12.4. The first-order valence-electron chi connectivity index (χ1n) is 6.94. The second kappa shape index (κ2) is 5.67. The van der Waals surface area contributed by atoms with Gasteiger partial charge in [0.05, 0.1) is 11.3 Å². The molecule has 0 amide bonds. The van der Waals surface area contributed by atoms with Crippen molar-refractivity contribution in [1.82, 2.24) is 0 Å². The lowest BCUT2D eigenvalue weighted by Gasteiger charge is -2.34. The molecule has 0 N–H and O–H groups in total. The van der Waals surface area contributed by atoms with E-state index in [1.54, 1.807) is 0 Å². The van der Waals surface area contributed by atoms with Crippen molar-refractivity contribution in [2.75, 3.05) is 5.33 Å². The number of aliphatic imine (C=N–C) groups is 1. The maximum absolute atomic E-state index is 12.7. The minimum Gasteiger partial charge on any atom is -0.465 e. The highest BCUT2D eigenvalue weighted by molar-refractivity contribution is 9.09. The smallest absolute Gasteiger partial charge is 0.416 e. The van der Waals surface area contributed by atoms with Gasteiger partial charge in [0.1, 0.15) is 5.60 Å².